The molecule has 1 fully saturated rings. The lowest BCUT2D eigenvalue weighted by molar-refractivity contribution is 0.0257. The second-order valence-corrected chi connectivity index (χ2v) is 4.26. The summed E-state index contributed by atoms with van der Waals surface area (Å²) in [5, 5.41) is 0. The summed E-state index contributed by atoms with van der Waals surface area (Å²) in [6.07, 6.45) is -0.200. The Morgan fingerprint density at radius 2 is 2.22 bits per heavy atom. The molecule has 0 saturated carbocycles. The van der Waals surface area contributed by atoms with Crippen LogP contribution in [-0.4, -0.2) is 32.1 Å². The summed E-state index contributed by atoms with van der Waals surface area (Å²) in [5.41, 5.74) is 6.68. The number of para-hydroxylation sites is 1. The summed E-state index contributed by atoms with van der Waals surface area (Å²) in [4.78, 5) is 12.9. The number of carbonyl (C=O) groups is 1. The molecule has 1 aliphatic heterocycles. The van der Waals surface area contributed by atoms with Gasteiger partial charge in [0.15, 0.2) is 0 Å². The maximum atomic E-state index is 13.2. The fraction of sp³-hybridized carbons (Fsp3) is 0.417. The molecule has 1 heterocycles. The molecule has 2 N–H and O–H groups in total. The van der Waals surface area contributed by atoms with Gasteiger partial charge in [0.2, 0.25) is 0 Å². The van der Waals surface area contributed by atoms with Crippen molar-refractivity contribution >= 4 is 17.3 Å². The standard InChI is InChI=1S/C12H14F2N2O2/c1-18-11(17)8-3-2-4-9(10(8)15)16-6-5-12(13,14)7-16/h2-4H,5-7,15H2,1H3. The van der Waals surface area contributed by atoms with Crippen molar-refractivity contribution in [2.75, 3.05) is 30.8 Å². The predicted molar refractivity (Wildman–Crippen MR) is 64.0 cm³/mol. The van der Waals surface area contributed by atoms with E-state index in [1.165, 1.54) is 18.1 Å². The van der Waals surface area contributed by atoms with Crippen LogP contribution in [0.3, 0.4) is 0 Å². The van der Waals surface area contributed by atoms with Gasteiger partial charge < -0.3 is 15.4 Å². The number of hydrogen-bond acceptors (Lipinski definition) is 4. The van der Waals surface area contributed by atoms with Gasteiger partial charge in [-0.3, -0.25) is 0 Å². The number of nitrogen functional groups attached to an aromatic ring is 1. The molecule has 0 bridgehead atoms. The number of carbonyl (C=O) groups excluding carboxylic acids is 1. The van der Waals surface area contributed by atoms with Crippen molar-refractivity contribution in [2.45, 2.75) is 12.3 Å². The van der Waals surface area contributed by atoms with Crippen molar-refractivity contribution in [3.8, 4) is 0 Å². The molecule has 0 unspecified atom stereocenters. The number of hydrogen-bond donors (Lipinski definition) is 1. The zero-order chi connectivity index (χ0) is 13.3. The van der Waals surface area contributed by atoms with Crippen molar-refractivity contribution in [3.05, 3.63) is 23.8 Å². The summed E-state index contributed by atoms with van der Waals surface area (Å²) in [5.74, 6) is -3.27. The van der Waals surface area contributed by atoms with Gasteiger partial charge in [-0.05, 0) is 12.1 Å². The first-order valence-electron chi connectivity index (χ1n) is 5.54. The number of esters is 1. The number of benzene rings is 1. The number of methoxy groups -OCH3 is 1. The first-order valence-corrected chi connectivity index (χ1v) is 5.54. The maximum absolute atomic E-state index is 13.2. The largest absolute Gasteiger partial charge is 0.465 e. The molecule has 98 valence electrons. The molecule has 0 amide bonds. The SMILES string of the molecule is COC(=O)c1cccc(N2CCC(F)(F)C2)c1N. The van der Waals surface area contributed by atoms with Crippen LogP contribution in [-0.2, 0) is 4.74 Å². The third-order valence-corrected chi connectivity index (χ3v) is 3.00. The van der Waals surface area contributed by atoms with Gasteiger partial charge in [0.05, 0.1) is 30.6 Å². The Balaban J connectivity index is 2.32. The van der Waals surface area contributed by atoms with Crippen LogP contribution >= 0.6 is 0 Å². The van der Waals surface area contributed by atoms with E-state index in [4.69, 9.17) is 5.73 Å². The normalized spacial score (nSPS) is 17.8. The number of ether oxygens (including phenoxy) is 1. The zero-order valence-electron chi connectivity index (χ0n) is 9.95. The quantitative estimate of drug-likeness (QED) is 0.648. The van der Waals surface area contributed by atoms with Crippen LogP contribution in [0.2, 0.25) is 0 Å². The first kappa shape index (κ1) is 12.6. The summed E-state index contributed by atoms with van der Waals surface area (Å²) in [6.45, 7) is -0.149. The predicted octanol–water partition coefficient (Wildman–Crippen LogP) is 1.90. The molecule has 1 aromatic carbocycles. The minimum Gasteiger partial charge on any atom is -0.465 e. The van der Waals surface area contributed by atoms with Crippen LogP contribution in [0.5, 0.6) is 0 Å². The van der Waals surface area contributed by atoms with E-state index < -0.39 is 11.9 Å². The lowest BCUT2D eigenvalue weighted by Gasteiger charge is -2.21. The minimum absolute atomic E-state index is 0.182. The molecule has 0 spiro atoms. The third kappa shape index (κ3) is 2.23. The van der Waals surface area contributed by atoms with Crippen molar-refractivity contribution in [2.24, 2.45) is 0 Å². The average Bonchev–Trinajstić information content (AvgIpc) is 2.69. The van der Waals surface area contributed by atoms with E-state index >= 15 is 0 Å². The average molecular weight is 256 g/mol. The van der Waals surface area contributed by atoms with E-state index in [2.05, 4.69) is 4.74 Å². The maximum Gasteiger partial charge on any atom is 0.340 e. The molecule has 1 aliphatic rings. The Hall–Kier alpha value is -1.85. The zero-order valence-corrected chi connectivity index (χ0v) is 9.95. The summed E-state index contributed by atoms with van der Waals surface area (Å²) in [6, 6.07) is 4.75. The highest BCUT2D eigenvalue weighted by Crippen LogP contribution is 2.35. The molecular formula is C12H14F2N2O2. The van der Waals surface area contributed by atoms with Gasteiger partial charge in [-0.1, -0.05) is 6.07 Å². The summed E-state index contributed by atoms with van der Waals surface area (Å²) >= 11 is 0. The molecule has 1 saturated heterocycles. The third-order valence-electron chi connectivity index (χ3n) is 3.00. The number of nitrogens with two attached hydrogens (primary N) is 1. The van der Waals surface area contributed by atoms with Gasteiger partial charge in [-0.2, -0.15) is 0 Å². The minimum atomic E-state index is -2.70. The Kier molecular flexibility index (Phi) is 3.11. The fourth-order valence-electron chi connectivity index (χ4n) is 2.06. The fourth-order valence-corrected chi connectivity index (χ4v) is 2.06. The van der Waals surface area contributed by atoms with Crippen molar-refractivity contribution in [1.82, 2.24) is 0 Å². The van der Waals surface area contributed by atoms with Gasteiger partial charge in [-0.15, -0.1) is 0 Å². The van der Waals surface area contributed by atoms with Crippen molar-refractivity contribution in [3.63, 3.8) is 0 Å². The molecule has 6 heteroatoms. The van der Waals surface area contributed by atoms with Gasteiger partial charge in [0.1, 0.15) is 0 Å². The van der Waals surface area contributed by atoms with E-state index in [0.29, 0.717) is 5.69 Å². The van der Waals surface area contributed by atoms with Crippen LogP contribution in [0.1, 0.15) is 16.8 Å². The topological polar surface area (TPSA) is 55.6 Å². The number of nitrogens with zero attached hydrogens (tertiary/aromatic N) is 1. The number of alkyl halides is 2. The molecular weight excluding hydrogens is 242 g/mol. The molecule has 2 rings (SSSR count). The van der Waals surface area contributed by atoms with Gasteiger partial charge >= 0.3 is 5.97 Å². The second kappa shape index (κ2) is 4.44. The van der Waals surface area contributed by atoms with Crippen LogP contribution in [0.4, 0.5) is 20.2 Å². The van der Waals surface area contributed by atoms with Gasteiger partial charge in [0, 0.05) is 13.0 Å². The van der Waals surface area contributed by atoms with Crippen molar-refractivity contribution < 1.29 is 18.3 Å². The van der Waals surface area contributed by atoms with E-state index in [1.807, 2.05) is 0 Å². The van der Waals surface area contributed by atoms with E-state index in [0.717, 1.165) is 0 Å². The van der Waals surface area contributed by atoms with Crippen LogP contribution < -0.4 is 10.6 Å². The molecule has 0 radical (unpaired) electrons. The number of anilines is 2. The van der Waals surface area contributed by atoms with Gasteiger partial charge in [0.25, 0.3) is 5.92 Å². The summed E-state index contributed by atoms with van der Waals surface area (Å²) in [7, 11) is 1.25. The van der Waals surface area contributed by atoms with E-state index in [1.54, 1.807) is 12.1 Å². The molecule has 1 aromatic rings. The summed E-state index contributed by atoms with van der Waals surface area (Å²) < 4.78 is 30.9. The Bertz CT molecular complexity index is 477. The highest BCUT2D eigenvalue weighted by molar-refractivity contribution is 5.98. The number of halogens is 2. The molecule has 4 nitrogen and oxygen atoms in total. The smallest absolute Gasteiger partial charge is 0.340 e. The van der Waals surface area contributed by atoms with Crippen LogP contribution in [0.25, 0.3) is 0 Å². The molecule has 18 heavy (non-hydrogen) atoms. The Morgan fingerprint density at radius 3 is 2.78 bits per heavy atom. The highest BCUT2D eigenvalue weighted by atomic mass is 19.3. The Labute approximate surface area is 103 Å². The van der Waals surface area contributed by atoms with Crippen LogP contribution in [0, 0.1) is 0 Å². The Morgan fingerprint density at radius 1 is 1.50 bits per heavy atom. The lowest BCUT2D eigenvalue weighted by Crippen LogP contribution is -2.26. The highest BCUT2D eigenvalue weighted by Gasteiger charge is 2.39. The van der Waals surface area contributed by atoms with E-state index in [9.17, 15) is 13.6 Å². The molecule has 0 atom stereocenters. The number of rotatable bonds is 2. The van der Waals surface area contributed by atoms with Gasteiger partial charge in [-0.25, -0.2) is 13.6 Å². The van der Waals surface area contributed by atoms with Crippen molar-refractivity contribution in [1.29, 1.82) is 0 Å². The monoisotopic (exact) mass is 256 g/mol. The first-order chi connectivity index (χ1) is 8.44. The lowest BCUT2D eigenvalue weighted by atomic mass is 10.1. The van der Waals surface area contributed by atoms with Crippen LogP contribution in [0.15, 0.2) is 18.2 Å². The second-order valence-electron chi connectivity index (χ2n) is 4.26. The molecule has 0 aliphatic carbocycles. The molecule has 0 aromatic heterocycles. The van der Waals surface area contributed by atoms with E-state index in [-0.39, 0.29) is 30.8 Å².